The maximum absolute atomic E-state index is 8.84. The molecule has 0 bridgehead atoms. The van der Waals surface area contributed by atoms with Crippen molar-refractivity contribution in [3.05, 3.63) is 0 Å². The van der Waals surface area contributed by atoms with Crippen molar-refractivity contribution in [2.75, 3.05) is 0 Å². The Balaban J connectivity index is 0. The molecule has 7 heavy (non-hydrogen) atoms. The summed E-state index contributed by atoms with van der Waals surface area (Å²) in [4.78, 5) is 0. The normalized spacial score (nSPS) is 6.29. The number of hydrogen-bond donors (Lipinski definition) is 2. The van der Waals surface area contributed by atoms with Gasteiger partial charge < -0.3 is 0 Å². The van der Waals surface area contributed by atoms with Crippen LogP contribution in [-0.2, 0) is 25.4 Å². The van der Waals surface area contributed by atoms with E-state index in [1.54, 1.807) is 0 Å². The fourth-order valence-corrected chi connectivity index (χ4v) is 0. The van der Waals surface area contributed by atoms with E-state index < -0.39 is 30.8 Å². The Hall–Kier alpha value is 1.40. The summed E-state index contributed by atoms with van der Waals surface area (Å²) >= 11 is 6.01. The quantitative estimate of drug-likeness (QED) is 0.433. The van der Waals surface area contributed by atoms with Gasteiger partial charge in [-0.3, -0.25) is 0 Å². The summed E-state index contributed by atoms with van der Waals surface area (Å²) in [5.74, 6) is 0. The van der Waals surface area contributed by atoms with Crippen LogP contribution >= 0.6 is 22.2 Å². The molecule has 0 rings (SSSR count). The predicted octanol–water partition coefficient (Wildman–Crippen LogP) is -0.772. The monoisotopic (exact) mass is 240 g/mol. The van der Waals surface area contributed by atoms with Gasteiger partial charge in [-0.15, -0.1) is 0 Å². The van der Waals surface area contributed by atoms with Crippen LogP contribution in [0.5, 0.6) is 0 Å². The third-order valence-corrected chi connectivity index (χ3v) is 0. The first kappa shape index (κ1) is 11.2. The predicted molar refractivity (Wildman–Crippen MR) is 25.4 cm³/mol. The van der Waals surface area contributed by atoms with Crippen molar-refractivity contribution in [1.82, 2.24) is 0 Å². The zero-order valence-electron chi connectivity index (χ0n) is 3.27. The van der Waals surface area contributed by atoms with Crippen molar-refractivity contribution in [1.29, 1.82) is 0 Å². The summed E-state index contributed by atoms with van der Waals surface area (Å²) in [5, 5.41) is 0. The molecule has 0 saturated carbocycles. The van der Waals surface area contributed by atoms with E-state index in [0.717, 1.165) is 0 Å². The van der Waals surface area contributed by atoms with Gasteiger partial charge in [0.25, 0.3) is 0 Å². The molecule has 3 nitrogen and oxygen atoms in total. The van der Waals surface area contributed by atoms with E-state index in [-0.39, 0.29) is 0 Å². The minimum atomic E-state index is -3.79. The van der Waals surface area contributed by atoms with Gasteiger partial charge in [-0.1, -0.05) is 0 Å². The van der Waals surface area contributed by atoms with Crippen LogP contribution in [0, 0.1) is 0 Å². The molecule has 0 aliphatic heterocycles. The zero-order chi connectivity index (χ0) is 6.28. The number of rotatable bonds is 0. The van der Waals surface area contributed by atoms with Crippen LogP contribution in [0.3, 0.4) is 0 Å². The average Bonchev–Trinajstić information content (AvgIpc) is 1.33. The molecule has 0 aromatic carbocycles. The molecule has 0 unspecified atom stereocenters. The molecule has 0 aliphatic rings. The minimum absolute atomic E-state index is 0.639. The molecule has 0 spiro atoms. The zero-order valence-corrected chi connectivity index (χ0v) is 8.65. The Morgan fingerprint density at radius 3 is 1.43 bits per heavy atom. The van der Waals surface area contributed by atoms with Crippen LogP contribution in [0.25, 0.3) is 0 Å². The summed E-state index contributed by atoms with van der Waals surface area (Å²) in [7, 11) is -0.639. The molecule has 0 amide bonds. The van der Waals surface area contributed by atoms with Crippen molar-refractivity contribution in [3.63, 3.8) is 0 Å². The molecule has 44 valence electrons. The van der Waals surface area contributed by atoms with Crippen molar-refractivity contribution in [2.45, 2.75) is 0 Å². The third-order valence-electron chi connectivity index (χ3n) is 0. The molecule has 0 fully saturated rings. The summed E-state index contributed by atoms with van der Waals surface area (Å²) in [6.07, 6.45) is 0. The van der Waals surface area contributed by atoms with Crippen LogP contribution in [0.2, 0.25) is 0 Å². The van der Waals surface area contributed by atoms with Crippen molar-refractivity contribution < 1.29 is 31.8 Å². The van der Waals surface area contributed by atoms with Crippen molar-refractivity contribution in [3.8, 4) is 0 Å². The summed E-state index contributed by atoms with van der Waals surface area (Å²) in [6, 6.07) is 0. The second-order valence-corrected chi connectivity index (χ2v) is 4.40. The fraction of sp³-hybridized carbons (Fsp3) is 0. The van der Waals surface area contributed by atoms with E-state index in [0.29, 0.717) is 0 Å². The number of halogens is 2. The van der Waals surface area contributed by atoms with Gasteiger partial charge in [0.2, 0.25) is 8.14 Å². The van der Waals surface area contributed by atoms with Gasteiger partial charge in [0.05, 0.1) is 0 Å². The van der Waals surface area contributed by atoms with Crippen LogP contribution in [0.15, 0.2) is 0 Å². The van der Waals surface area contributed by atoms with Crippen molar-refractivity contribution >= 4 is 30.3 Å². The molecule has 0 heterocycles. The molecule has 0 aromatic heterocycles. The van der Waals surface area contributed by atoms with E-state index in [1.807, 2.05) is 0 Å². The van der Waals surface area contributed by atoms with Gasteiger partial charge in [-0.2, -0.15) is 22.2 Å². The summed E-state index contributed by atoms with van der Waals surface area (Å²) < 4.78 is 23.3. The van der Waals surface area contributed by atoms with E-state index in [1.165, 1.54) is 0 Å². The fourth-order valence-electron chi connectivity index (χ4n) is 0. The maximum atomic E-state index is 8.84. The first-order chi connectivity index (χ1) is 3.15. The molecule has 0 aromatic rings. The molecule has 2 N–H and O–H groups in total. The Morgan fingerprint density at radius 1 is 1.43 bits per heavy atom. The third kappa shape index (κ3) is 110. The molecule has 7 heteroatoms. The Labute approximate surface area is 61.8 Å². The number of hydrogen-bond acceptors (Lipinski definition) is 1. The van der Waals surface area contributed by atoms with Gasteiger partial charge >= 0.3 is 31.8 Å². The van der Waals surface area contributed by atoms with E-state index in [2.05, 4.69) is 0 Å². The standard InChI is InChI=1S/Cl2H2Si.2H2O.O.Zr/c1-3-2;;;;/h3H2;2*1H2;;/q;;;;+2/p-2. The van der Waals surface area contributed by atoms with Crippen LogP contribution in [0.1, 0.15) is 0 Å². The Kier molecular flexibility index (Phi) is 16.7. The van der Waals surface area contributed by atoms with Gasteiger partial charge in [0, 0.05) is 0 Å². The SMILES string of the molecule is Cl[SiH2]Cl.[O]=[Zr]([OH])[OH]. The second kappa shape index (κ2) is 10.4. The molecular formula is H4Cl2O3SiZr. The average molecular weight is 242 g/mol. The van der Waals surface area contributed by atoms with Gasteiger partial charge in [-0.05, 0) is 0 Å². The van der Waals surface area contributed by atoms with E-state index in [9.17, 15) is 0 Å². The van der Waals surface area contributed by atoms with Gasteiger partial charge in [-0.25, -0.2) is 0 Å². The Morgan fingerprint density at radius 2 is 1.43 bits per heavy atom. The van der Waals surface area contributed by atoms with Gasteiger partial charge in [0.1, 0.15) is 0 Å². The first-order valence-corrected chi connectivity index (χ1v) is 8.66. The van der Waals surface area contributed by atoms with Crippen molar-refractivity contribution in [2.24, 2.45) is 0 Å². The topological polar surface area (TPSA) is 57.5 Å². The van der Waals surface area contributed by atoms with E-state index >= 15 is 0 Å². The second-order valence-electron chi connectivity index (χ2n) is 0.384. The molecule has 0 saturated heterocycles. The van der Waals surface area contributed by atoms with Gasteiger partial charge in [0.15, 0.2) is 0 Å². The van der Waals surface area contributed by atoms with Crippen LogP contribution < -0.4 is 0 Å². The Bertz CT molecular complexity index is 44.2. The first-order valence-electron chi connectivity index (χ1n) is 1.19. The summed E-state index contributed by atoms with van der Waals surface area (Å²) in [6.45, 7) is 0. The van der Waals surface area contributed by atoms with E-state index in [4.69, 9.17) is 31.3 Å². The molecule has 0 aliphatic carbocycles. The van der Waals surface area contributed by atoms with Crippen LogP contribution in [-0.4, -0.2) is 14.5 Å². The molecule has 0 radical (unpaired) electrons. The summed E-state index contributed by atoms with van der Waals surface area (Å²) in [5.41, 5.74) is 0. The van der Waals surface area contributed by atoms with Crippen LogP contribution in [0.4, 0.5) is 0 Å². The molecular weight excluding hydrogens is 238 g/mol. The molecule has 0 atom stereocenters.